The van der Waals surface area contributed by atoms with Gasteiger partial charge in [0.15, 0.2) is 5.96 Å². The summed E-state index contributed by atoms with van der Waals surface area (Å²) in [5.41, 5.74) is -0.307. The summed E-state index contributed by atoms with van der Waals surface area (Å²) < 4.78 is 52.0. The molecule has 25 heavy (non-hydrogen) atoms. The van der Waals surface area contributed by atoms with Crippen molar-refractivity contribution in [2.45, 2.75) is 19.3 Å². The van der Waals surface area contributed by atoms with E-state index in [0.29, 0.717) is 18.6 Å². The van der Waals surface area contributed by atoms with Crippen LogP contribution in [0.25, 0.3) is 0 Å². The summed E-state index contributed by atoms with van der Waals surface area (Å²) in [5, 5.41) is 5.72. The molecule has 0 spiro atoms. The van der Waals surface area contributed by atoms with Crippen molar-refractivity contribution in [2.75, 3.05) is 7.05 Å². The standard InChI is InChI=1S/C16H16F4N4.HI/c1-21-15(24-10-13-4-2-3-7-22-13)23-9-11-5-6-12(17)8-14(11)16(18,19)20;/h2-8H,9-10H2,1H3,(H2,21,23,24);1H. The van der Waals surface area contributed by atoms with Crippen LogP contribution >= 0.6 is 24.0 Å². The number of hydrogen-bond acceptors (Lipinski definition) is 2. The molecule has 0 amide bonds. The van der Waals surface area contributed by atoms with Crippen molar-refractivity contribution < 1.29 is 17.6 Å². The van der Waals surface area contributed by atoms with E-state index in [9.17, 15) is 17.6 Å². The average Bonchev–Trinajstić information content (AvgIpc) is 2.56. The number of benzene rings is 1. The number of pyridine rings is 1. The molecular weight excluding hydrogens is 451 g/mol. The molecule has 0 unspecified atom stereocenters. The van der Waals surface area contributed by atoms with Gasteiger partial charge in [-0.3, -0.25) is 9.98 Å². The molecule has 0 aliphatic heterocycles. The number of rotatable bonds is 4. The zero-order valence-corrected chi connectivity index (χ0v) is 15.6. The van der Waals surface area contributed by atoms with E-state index in [1.165, 1.54) is 7.05 Å². The van der Waals surface area contributed by atoms with E-state index in [1.807, 2.05) is 12.1 Å². The first kappa shape index (κ1) is 21.1. The van der Waals surface area contributed by atoms with Gasteiger partial charge in [-0.25, -0.2) is 4.39 Å². The third kappa shape index (κ3) is 6.48. The number of guanidine groups is 1. The van der Waals surface area contributed by atoms with Gasteiger partial charge in [-0.15, -0.1) is 24.0 Å². The molecule has 0 aliphatic rings. The van der Waals surface area contributed by atoms with Crippen LogP contribution in [0.4, 0.5) is 17.6 Å². The number of nitrogens with zero attached hydrogens (tertiary/aromatic N) is 2. The van der Waals surface area contributed by atoms with Gasteiger partial charge in [-0.05, 0) is 29.8 Å². The van der Waals surface area contributed by atoms with E-state index < -0.39 is 17.6 Å². The Labute approximate surface area is 159 Å². The maximum atomic E-state index is 13.1. The Morgan fingerprint density at radius 3 is 2.44 bits per heavy atom. The fourth-order valence-electron chi connectivity index (χ4n) is 2.04. The van der Waals surface area contributed by atoms with Crippen molar-refractivity contribution in [3.8, 4) is 0 Å². The number of aromatic nitrogens is 1. The van der Waals surface area contributed by atoms with Crippen LogP contribution in [0.3, 0.4) is 0 Å². The van der Waals surface area contributed by atoms with Crippen molar-refractivity contribution in [1.29, 1.82) is 0 Å². The van der Waals surface area contributed by atoms with Gasteiger partial charge in [-0.1, -0.05) is 12.1 Å². The Morgan fingerprint density at radius 1 is 1.12 bits per heavy atom. The second-order valence-electron chi connectivity index (χ2n) is 4.90. The fourth-order valence-corrected chi connectivity index (χ4v) is 2.04. The summed E-state index contributed by atoms with van der Waals surface area (Å²) in [6, 6.07) is 8.01. The van der Waals surface area contributed by atoms with Crippen LogP contribution in [0.1, 0.15) is 16.8 Å². The number of halogens is 5. The Bertz CT molecular complexity index is 705. The summed E-state index contributed by atoms with van der Waals surface area (Å²) in [6.07, 6.45) is -2.98. The normalized spacial score (nSPS) is 11.6. The van der Waals surface area contributed by atoms with Crippen LogP contribution in [-0.2, 0) is 19.3 Å². The molecule has 0 aliphatic carbocycles. The van der Waals surface area contributed by atoms with E-state index in [0.717, 1.165) is 17.8 Å². The molecule has 1 aromatic heterocycles. The van der Waals surface area contributed by atoms with Crippen molar-refractivity contribution in [3.63, 3.8) is 0 Å². The van der Waals surface area contributed by atoms with Gasteiger partial charge >= 0.3 is 6.18 Å². The van der Waals surface area contributed by atoms with Crippen LogP contribution in [0.15, 0.2) is 47.6 Å². The molecule has 0 atom stereocenters. The van der Waals surface area contributed by atoms with Gasteiger partial charge in [0.1, 0.15) is 5.82 Å². The van der Waals surface area contributed by atoms with Crippen molar-refractivity contribution in [1.82, 2.24) is 15.6 Å². The topological polar surface area (TPSA) is 49.3 Å². The highest BCUT2D eigenvalue weighted by atomic mass is 127. The second kappa shape index (κ2) is 9.54. The average molecular weight is 468 g/mol. The molecule has 136 valence electrons. The first-order valence-corrected chi connectivity index (χ1v) is 7.10. The SMILES string of the molecule is CN=C(NCc1ccccn1)NCc1ccc(F)cc1C(F)(F)F.I. The zero-order chi connectivity index (χ0) is 17.6. The molecule has 4 nitrogen and oxygen atoms in total. The highest BCUT2D eigenvalue weighted by molar-refractivity contribution is 14.0. The first-order chi connectivity index (χ1) is 11.4. The monoisotopic (exact) mass is 468 g/mol. The zero-order valence-electron chi connectivity index (χ0n) is 13.3. The molecule has 2 N–H and O–H groups in total. The summed E-state index contributed by atoms with van der Waals surface area (Å²) in [7, 11) is 1.50. The van der Waals surface area contributed by atoms with E-state index in [-0.39, 0.29) is 36.1 Å². The summed E-state index contributed by atoms with van der Waals surface area (Å²) in [6.45, 7) is 0.229. The lowest BCUT2D eigenvalue weighted by atomic mass is 10.1. The molecule has 9 heteroatoms. The number of nitrogens with one attached hydrogen (secondary N) is 2. The first-order valence-electron chi connectivity index (χ1n) is 7.10. The summed E-state index contributed by atoms with van der Waals surface area (Å²) in [5.74, 6) is -0.609. The molecule has 0 saturated heterocycles. The van der Waals surface area contributed by atoms with Gasteiger partial charge in [0.05, 0.1) is 17.8 Å². The third-order valence-electron chi connectivity index (χ3n) is 3.21. The molecule has 0 fully saturated rings. The van der Waals surface area contributed by atoms with Gasteiger partial charge in [-0.2, -0.15) is 13.2 Å². The minimum absolute atomic E-state index is 0. The Balaban J connectivity index is 0.00000312. The van der Waals surface area contributed by atoms with Gasteiger partial charge in [0.2, 0.25) is 0 Å². The number of hydrogen-bond donors (Lipinski definition) is 2. The Hall–Kier alpha value is -1.91. The summed E-state index contributed by atoms with van der Waals surface area (Å²) in [4.78, 5) is 8.06. The maximum Gasteiger partial charge on any atom is 0.416 e. The smallest absolute Gasteiger partial charge is 0.352 e. The molecule has 1 aromatic carbocycles. The van der Waals surface area contributed by atoms with E-state index >= 15 is 0 Å². The lowest BCUT2D eigenvalue weighted by Crippen LogP contribution is -2.37. The van der Waals surface area contributed by atoms with Gasteiger partial charge < -0.3 is 10.6 Å². The minimum Gasteiger partial charge on any atom is -0.352 e. The summed E-state index contributed by atoms with van der Waals surface area (Å²) >= 11 is 0. The van der Waals surface area contributed by atoms with Gasteiger partial charge in [0, 0.05) is 19.8 Å². The minimum atomic E-state index is -4.62. The molecular formula is C16H17F4IN4. The Kier molecular flexibility index (Phi) is 8.07. The van der Waals surface area contributed by atoms with E-state index in [2.05, 4.69) is 20.6 Å². The molecule has 2 aromatic rings. The highest BCUT2D eigenvalue weighted by Crippen LogP contribution is 2.32. The molecule has 0 radical (unpaired) electrons. The van der Waals surface area contributed by atoms with Crippen molar-refractivity contribution in [2.24, 2.45) is 4.99 Å². The Morgan fingerprint density at radius 2 is 1.84 bits per heavy atom. The van der Waals surface area contributed by atoms with Crippen LogP contribution in [0, 0.1) is 5.82 Å². The lowest BCUT2D eigenvalue weighted by Gasteiger charge is -2.15. The van der Waals surface area contributed by atoms with E-state index in [1.54, 1.807) is 12.3 Å². The van der Waals surface area contributed by atoms with Crippen LogP contribution in [0.5, 0.6) is 0 Å². The van der Waals surface area contributed by atoms with Crippen LogP contribution in [-0.4, -0.2) is 18.0 Å². The second-order valence-corrected chi connectivity index (χ2v) is 4.90. The predicted octanol–water partition coefficient (Wildman–Crippen LogP) is 3.72. The van der Waals surface area contributed by atoms with Gasteiger partial charge in [0.25, 0.3) is 0 Å². The third-order valence-corrected chi connectivity index (χ3v) is 3.21. The van der Waals surface area contributed by atoms with E-state index in [4.69, 9.17) is 0 Å². The number of alkyl halides is 3. The highest BCUT2D eigenvalue weighted by Gasteiger charge is 2.33. The molecule has 0 saturated carbocycles. The van der Waals surface area contributed by atoms with Crippen LogP contribution < -0.4 is 10.6 Å². The van der Waals surface area contributed by atoms with Crippen LogP contribution in [0.2, 0.25) is 0 Å². The van der Waals surface area contributed by atoms with Crippen molar-refractivity contribution in [3.05, 3.63) is 65.2 Å². The predicted molar refractivity (Wildman–Crippen MR) is 98.1 cm³/mol. The molecule has 1 heterocycles. The van der Waals surface area contributed by atoms with Crippen molar-refractivity contribution >= 4 is 29.9 Å². The quantitative estimate of drug-likeness (QED) is 0.312. The number of aliphatic imine (C=N–C) groups is 1. The largest absolute Gasteiger partial charge is 0.416 e. The molecule has 0 bridgehead atoms. The lowest BCUT2D eigenvalue weighted by molar-refractivity contribution is -0.138. The molecule has 2 rings (SSSR count). The maximum absolute atomic E-state index is 13.1. The fraction of sp³-hybridized carbons (Fsp3) is 0.250.